The molecule has 0 aliphatic heterocycles. The van der Waals surface area contributed by atoms with Crippen LogP contribution in [-0.2, 0) is 24.0 Å². The molecule has 0 aromatic rings. The number of carbonyl (C=O) groups is 3. The predicted octanol–water partition coefficient (Wildman–Crippen LogP) is 3.22. The van der Waals surface area contributed by atoms with E-state index in [2.05, 4.69) is 18.7 Å². The van der Waals surface area contributed by atoms with Crippen LogP contribution in [0.1, 0.15) is 46.5 Å². The Morgan fingerprint density at radius 2 is 1.47 bits per heavy atom. The lowest BCUT2D eigenvalue weighted by Crippen LogP contribution is -2.38. The number of rotatable bonds is 19. The smallest absolute Gasteiger partial charge is 0.409 e. The molecule has 0 aliphatic carbocycles. The van der Waals surface area contributed by atoms with Crippen LogP contribution in [0, 0.1) is 0 Å². The van der Waals surface area contributed by atoms with Crippen molar-refractivity contribution >= 4 is 39.5 Å². The van der Waals surface area contributed by atoms with Crippen LogP contribution in [0.3, 0.4) is 0 Å². The summed E-state index contributed by atoms with van der Waals surface area (Å²) in [5.41, 5.74) is 0. The fraction of sp³-hybridized carbons (Fsp3) is 0.864. The van der Waals surface area contributed by atoms with Crippen LogP contribution in [0.5, 0.6) is 0 Å². The summed E-state index contributed by atoms with van der Waals surface area (Å²) in [4.78, 5) is 44.9. The molecule has 0 aromatic carbocycles. The minimum atomic E-state index is -0.465. The van der Waals surface area contributed by atoms with Crippen LogP contribution in [0.25, 0.3) is 0 Å². The maximum atomic E-state index is 12.5. The van der Waals surface area contributed by atoms with Gasteiger partial charge in [-0.15, -0.1) is 0 Å². The van der Waals surface area contributed by atoms with E-state index in [0.29, 0.717) is 51.3 Å². The molecule has 3 amide bonds. The number of carbonyl (C=O) groups excluding carboxylic acids is 3. The van der Waals surface area contributed by atoms with Crippen molar-refractivity contribution in [2.45, 2.75) is 51.2 Å². The minimum absolute atomic E-state index is 0.0167. The van der Waals surface area contributed by atoms with Crippen LogP contribution >= 0.6 is 21.6 Å². The van der Waals surface area contributed by atoms with Gasteiger partial charge in [0.1, 0.15) is 6.61 Å². The Kier molecular flexibility index (Phi) is 18.4. The number of amides is 3. The number of hydrogen-bond acceptors (Lipinski definition) is 9. The highest BCUT2D eigenvalue weighted by molar-refractivity contribution is 8.77. The standard InChI is InChI=1S/C22H43N3O7S2/c1-7-14-30-15-9-20(27)24(5)12-11-23(4)19(26)8-10-22(2,3)34-33-18-17-31-21(28)25(6)13-16-32-29/h29H,7-18H2,1-6H3. The number of nitrogens with zero attached hydrogens (tertiary/aromatic N) is 3. The molecule has 0 spiro atoms. The topological polar surface area (TPSA) is 109 Å². The molecule has 0 fully saturated rings. The lowest BCUT2D eigenvalue weighted by Gasteiger charge is -2.26. The molecule has 0 bridgehead atoms. The predicted molar refractivity (Wildman–Crippen MR) is 137 cm³/mol. The van der Waals surface area contributed by atoms with Crippen molar-refractivity contribution < 1.29 is 34.0 Å². The highest BCUT2D eigenvalue weighted by atomic mass is 33.1. The molecular weight excluding hydrogens is 482 g/mol. The number of ether oxygens (including phenoxy) is 2. The van der Waals surface area contributed by atoms with Crippen molar-refractivity contribution in [2.24, 2.45) is 0 Å². The van der Waals surface area contributed by atoms with Crippen LogP contribution in [-0.4, -0.2) is 116 Å². The van der Waals surface area contributed by atoms with Crippen molar-refractivity contribution in [1.82, 2.24) is 14.7 Å². The monoisotopic (exact) mass is 525 g/mol. The van der Waals surface area contributed by atoms with Crippen molar-refractivity contribution in [3.8, 4) is 0 Å². The lowest BCUT2D eigenvalue weighted by molar-refractivity contribution is -0.242. The van der Waals surface area contributed by atoms with Gasteiger partial charge in [0, 0.05) is 57.8 Å². The zero-order valence-corrected chi connectivity index (χ0v) is 23.2. The molecule has 0 atom stereocenters. The maximum Gasteiger partial charge on any atom is 0.409 e. The van der Waals surface area contributed by atoms with E-state index in [0.717, 1.165) is 6.42 Å². The Bertz CT molecular complexity index is 597. The van der Waals surface area contributed by atoms with Gasteiger partial charge >= 0.3 is 6.09 Å². The normalized spacial score (nSPS) is 11.3. The van der Waals surface area contributed by atoms with E-state index in [-0.39, 0.29) is 36.3 Å². The zero-order chi connectivity index (χ0) is 26.0. The molecule has 0 aromatic heterocycles. The van der Waals surface area contributed by atoms with Crippen molar-refractivity contribution in [1.29, 1.82) is 0 Å². The van der Waals surface area contributed by atoms with E-state index in [9.17, 15) is 14.4 Å². The molecule has 0 saturated carbocycles. The first-order valence-electron chi connectivity index (χ1n) is 11.5. The maximum absolute atomic E-state index is 12.5. The second-order valence-corrected chi connectivity index (χ2v) is 11.7. The van der Waals surface area contributed by atoms with Gasteiger partial charge in [0.05, 0.1) is 26.2 Å². The van der Waals surface area contributed by atoms with Crippen molar-refractivity contribution in [3.05, 3.63) is 0 Å². The van der Waals surface area contributed by atoms with E-state index in [1.54, 1.807) is 52.5 Å². The largest absolute Gasteiger partial charge is 0.449 e. The van der Waals surface area contributed by atoms with Gasteiger partial charge in [0.15, 0.2) is 0 Å². The third-order valence-corrected chi connectivity index (χ3v) is 8.19. The average Bonchev–Trinajstić information content (AvgIpc) is 2.81. The summed E-state index contributed by atoms with van der Waals surface area (Å²) >= 11 is 0. The summed E-state index contributed by atoms with van der Waals surface area (Å²) in [7, 11) is 8.34. The van der Waals surface area contributed by atoms with E-state index in [4.69, 9.17) is 14.7 Å². The fourth-order valence-electron chi connectivity index (χ4n) is 2.53. The van der Waals surface area contributed by atoms with E-state index in [1.807, 2.05) is 6.92 Å². The first-order chi connectivity index (χ1) is 16.0. The molecule has 0 saturated heterocycles. The SMILES string of the molecule is CCCOCCC(=O)N(C)CCN(C)C(=O)CCC(C)(C)SSCCOC(=O)N(C)CCOO. The van der Waals surface area contributed by atoms with Gasteiger partial charge in [0.25, 0.3) is 0 Å². The second kappa shape index (κ2) is 19.0. The average molecular weight is 526 g/mol. The summed E-state index contributed by atoms with van der Waals surface area (Å²) in [6.45, 7) is 8.81. The van der Waals surface area contributed by atoms with E-state index in [1.165, 1.54) is 4.90 Å². The zero-order valence-electron chi connectivity index (χ0n) is 21.5. The number of hydrogen-bond donors (Lipinski definition) is 1. The molecule has 12 heteroatoms. The van der Waals surface area contributed by atoms with Crippen LogP contribution in [0.2, 0.25) is 0 Å². The molecule has 0 rings (SSSR count). The summed E-state index contributed by atoms with van der Waals surface area (Å²) in [5.74, 6) is 0.694. The quantitative estimate of drug-likeness (QED) is 0.118. The Morgan fingerprint density at radius 3 is 2.06 bits per heavy atom. The van der Waals surface area contributed by atoms with Gasteiger partial charge in [-0.05, 0) is 26.7 Å². The summed E-state index contributed by atoms with van der Waals surface area (Å²) in [5, 5.41) is 8.31. The molecule has 0 heterocycles. The molecule has 1 N–H and O–H groups in total. The van der Waals surface area contributed by atoms with Gasteiger partial charge in [-0.3, -0.25) is 14.8 Å². The Balaban J connectivity index is 4.06. The third kappa shape index (κ3) is 16.4. The Labute approximate surface area is 212 Å². The first-order valence-corrected chi connectivity index (χ1v) is 13.9. The molecule has 0 unspecified atom stereocenters. The third-order valence-electron chi connectivity index (χ3n) is 4.88. The molecule has 0 aliphatic rings. The van der Waals surface area contributed by atoms with E-state index < -0.39 is 6.09 Å². The second-order valence-electron chi connectivity index (χ2n) is 8.53. The molecular formula is C22H43N3O7S2. The van der Waals surface area contributed by atoms with Gasteiger partial charge < -0.3 is 24.2 Å². The molecule has 200 valence electrons. The van der Waals surface area contributed by atoms with Gasteiger partial charge in [-0.2, -0.15) is 0 Å². The highest BCUT2D eigenvalue weighted by Crippen LogP contribution is 2.38. The molecule has 0 radical (unpaired) electrons. The highest BCUT2D eigenvalue weighted by Gasteiger charge is 2.22. The van der Waals surface area contributed by atoms with Crippen molar-refractivity contribution in [3.63, 3.8) is 0 Å². The van der Waals surface area contributed by atoms with E-state index >= 15 is 0 Å². The van der Waals surface area contributed by atoms with Crippen LogP contribution < -0.4 is 0 Å². The first kappa shape index (κ1) is 32.8. The van der Waals surface area contributed by atoms with Gasteiger partial charge in [0.2, 0.25) is 11.8 Å². The molecule has 34 heavy (non-hydrogen) atoms. The lowest BCUT2D eigenvalue weighted by atomic mass is 10.1. The minimum Gasteiger partial charge on any atom is -0.449 e. The summed E-state index contributed by atoms with van der Waals surface area (Å²) in [6, 6.07) is 0. The van der Waals surface area contributed by atoms with Gasteiger partial charge in [-0.25, -0.2) is 9.68 Å². The summed E-state index contributed by atoms with van der Waals surface area (Å²) < 4.78 is 10.4. The van der Waals surface area contributed by atoms with Crippen LogP contribution in [0.4, 0.5) is 4.79 Å². The Hall–Kier alpha value is -1.21. The van der Waals surface area contributed by atoms with Crippen LogP contribution in [0.15, 0.2) is 0 Å². The Morgan fingerprint density at radius 1 is 0.853 bits per heavy atom. The molecule has 10 nitrogen and oxygen atoms in total. The summed E-state index contributed by atoms with van der Waals surface area (Å²) in [6.07, 6.45) is 1.95. The van der Waals surface area contributed by atoms with Gasteiger partial charge in [-0.1, -0.05) is 28.5 Å². The number of likely N-dealkylation sites (N-methyl/N-ethyl adjacent to an activating group) is 3. The van der Waals surface area contributed by atoms with Crippen molar-refractivity contribution in [2.75, 3.05) is 73.0 Å². The fourth-order valence-corrected chi connectivity index (χ4v) is 4.93.